The summed E-state index contributed by atoms with van der Waals surface area (Å²) in [6.07, 6.45) is 3.69. The van der Waals surface area contributed by atoms with Gasteiger partial charge < -0.3 is 0 Å². The molecule has 0 aromatic carbocycles. The first-order valence-corrected chi connectivity index (χ1v) is 7.62. The average Bonchev–Trinajstić information content (AvgIpc) is 2.14. The van der Waals surface area contributed by atoms with Crippen molar-refractivity contribution in [2.45, 2.75) is 44.9 Å². The molecule has 0 saturated heterocycles. The zero-order valence-corrected chi connectivity index (χ0v) is 9.43. The van der Waals surface area contributed by atoms with Crippen LogP contribution in [0.5, 0.6) is 0 Å². The van der Waals surface area contributed by atoms with Crippen LogP contribution >= 0.6 is 0 Å². The van der Waals surface area contributed by atoms with Crippen LogP contribution in [0.15, 0.2) is 12.2 Å². The highest BCUT2D eigenvalue weighted by molar-refractivity contribution is 6.80. The number of rotatable bonds is 5. The minimum atomic E-state index is -0.993. The summed E-state index contributed by atoms with van der Waals surface area (Å²) in [5, 5.41) is 8.36. The van der Waals surface area contributed by atoms with Gasteiger partial charge in [-0.3, -0.25) is 0 Å². The van der Waals surface area contributed by atoms with Gasteiger partial charge in [0.1, 0.15) is 0 Å². The van der Waals surface area contributed by atoms with Crippen LogP contribution in [0.2, 0.25) is 24.2 Å². The number of nitrogens with zero attached hydrogens (tertiary/aromatic N) is 1. The Morgan fingerprint density at radius 2 is 1.67 bits per heavy atom. The molecule has 0 amide bonds. The molecule has 0 saturated carbocycles. The molecule has 0 unspecified atom stereocenters. The Balaban J connectivity index is 4.12. The summed E-state index contributed by atoms with van der Waals surface area (Å²) in [5.74, 6) is 0. The van der Waals surface area contributed by atoms with Crippen LogP contribution in [0.1, 0.15) is 20.8 Å². The lowest BCUT2D eigenvalue weighted by Crippen LogP contribution is -2.29. The van der Waals surface area contributed by atoms with Gasteiger partial charge in [-0.1, -0.05) is 45.0 Å². The van der Waals surface area contributed by atoms with Gasteiger partial charge in [0.25, 0.3) is 0 Å². The van der Waals surface area contributed by atoms with E-state index in [2.05, 4.69) is 32.9 Å². The molecule has 0 spiro atoms. The Bertz CT molecular complexity index is 167. The molecule has 0 radical (unpaired) electrons. The zero-order valence-electron chi connectivity index (χ0n) is 8.43. The maximum Gasteiger partial charge on any atom is 0.0908 e. The third-order valence-corrected chi connectivity index (χ3v) is 8.59. The normalized spacial score (nSPS) is 11.8. The first-order valence-electron chi connectivity index (χ1n) is 4.79. The standard InChI is InChI=1S/C10H19NSi/c1-4-12(5-2,6-3)10-8-7-9-11/h7-8H,4-6,10H2,1-3H3/b8-7+. The summed E-state index contributed by atoms with van der Waals surface area (Å²) in [4.78, 5) is 0. The van der Waals surface area contributed by atoms with Gasteiger partial charge in [-0.05, 0) is 6.04 Å². The molecule has 68 valence electrons. The van der Waals surface area contributed by atoms with Crippen LogP contribution in [0.4, 0.5) is 0 Å². The van der Waals surface area contributed by atoms with E-state index in [1.54, 1.807) is 6.08 Å². The van der Waals surface area contributed by atoms with Crippen molar-refractivity contribution in [2.24, 2.45) is 0 Å². The molecular formula is C10H19NSi. The van der Waals surface area contributed by atoms with Gasteiger partial charge in [-0.15, -0.1) is 0 Å². The highest BCUT2D eigenvalue weighted by Crippen LogP contribution is 2.25. The van der Waals surface area contributed by atoms with E-state index >= 15 is 0 Å². The smallest absolute Gasteiger partial charge is 0.0908 e. The maximum absolute atomic E-state index is 8.36. The lowest BCUT2D eigenvalue weighted by Gasteiger charge is -2.26. The van der Waals surface area contributed by atoms with Gasteiger partial charge in [0.15, 0.2) is 0 Å². The predicted octanol–water partition coefficient (Wildman–Crippen LogP) is 3.57. The van der Waals surface area contributed by atoms with Gasteiger partial charge in [-0.25, -0.2) is 0 Å². The lowest BCUT2D eigenvalue weighted by atomic mass is 10.6. The molecule has 0 aromatic rings. The number of nitriles is 1. The molecule has 0 aliphatic heterocycles. The van der Waals surface area contributed by atoms with Crippen LogP contribution in [0, 0.1) is 11.3 Å². The van der Waals surface area contributed by atoms with Crippen LogP contribution in [0.3, 0.4) is 0 Å². The van der Waals surface area contributed by atoms with E-state index in [-0.39, 0.29) is 0 Å². The first kappa shape index (κ1) is 11.4. The van der Waals surface area contributed by atoms with Gasteiger partial charge in [-0.2, -0.15) is 5.26 Å². The molecule has 1 nitrogen and oxygen atoms in total. The van der Waals surface area contributed by atoms with Gasteiger partial charge in [0, 0.05) is 6.08 Å². The Morgan fingerprint density at radius 3 is 2.00 bits per heavy atom. The van der Waals surface area contributed by atoms with Crippen LogP contribution in [-0.4, -0.2) is 8.07 Å². The minimum absolute atomic E-state index is 0.993. The third kappa shape index (κ3) is 3.23. The zero-order chi connectivity index (χ0) is 9.45. The maximum atomic E-state index is 8.36. The van der Waals surface area contributed by atoms with Crippen molar-refractivity contribution >= 4 is 8.07 Å². The number of hydrogen-bond donors (Lipinski definition) is 0. The van der Waals surface area contributed by atoms with E-state index in [4.69, 9.17) is 5.26 Å². The Labute approximate surface area is 77.1 Å². The van der Waals surface area contributed by atoms with E-state index in [1.165, 1.54) is 24.2 Å². The molecule has 0 fully saturated rings. The fraction of sp³-hybridized carbons (Fsp3) is 0.700. The van der Waals surface area contributed by atoms with Crippen LogP contribution < -0.4 is 0 Å². The molecule has 0 heterocycles. The van der Waals surface area contributed by atoms with Crippen molar-refractivity contribution in [1.29, 1.82) is 5.26 Å². The van der Waals surface area contributed by atoms with Crippen molar-refractivity contribution in [3.8, 4) is 6.07 Å². The van der Waals surface area contributed by atoms with Crippen molar-refractivity contribution in [2.75, 3.05) is 0 Å². The van der Waals surface area contributed by atoms with Gasteiger partial charge in [0.2, 0.25) is 0 Å². The summed E-state index contributed by atoms with van der Waals surface area (Å²) in [6, 6.07) is 7.27. The highest BCUT2D eigenvalue weighted by atomic mass is 28.3. The Morgan fingerprint density at radius 1 is 1.17 bits per heavy atom. The van der Waals surface area contributed by atoms with E-state index < -0.39 is 8.07 Å². The van der Waals surface area contributed by atoms with Crippen molar-refractivity contribution in [3.63, 3.8) is 0 Å². The predicted molar refractivity (Wildman–Crippen MR) is 56.8 cm³/mol. The molecule has 0 aromatic heterocycles. The second kappa shape index (κ2) is 6.02. The summed E-state index contributed by atoms with van der Waals surface area (Å²) in [6.45, 7) is 6.87. The molecule has 0 N–H and O–H groups in total. The van der Waals surface area contributed by atoms with Gasteiger partial charge >= 0.3 is 0 Å². The molecule has 0 rings (SSSR count). The Hall–Kier alpha value is -0.553. The number of allylic oxidation sites excluding steroid dienone is 2. The second-order valence-corrected chi connectivity index (χ2v) is 8.83. The summed E-state index contributed by atoms with van der Waals surface area (Å²) >= 11 is 0. The minimum Gasteiger partial charge on any atom is -0.193 e. The SMILES string of the molecule is CC[Si](CC)(CC)C/C=C/C#N. The largest absolute Gasteiger partial charge is 0.193 e. The van der Waals surface area contributed by atoms with Crippen molar-refractivity contribution in [3.05, 3.63) is 12.2 Å². The molecule has 0 aliphatic rings. The van der Waals surface area contributed by atoms with Crippen LogP contribution in [0.25, 0.3) is 0 Å². The topological polar surface area (TPSA) is 23.8 Å². The molecule has 0 aliphatic carbocycles. The van der Waals surface area contributed by atoms with E-state index in [9.17, 15) is 0 Å². The average molecular weight is 181 g/mol. The molecule has 0 atom stereocenters. The fourth-order valence-corrected chi connectivity index (χ4v) is 4.53. The molecule has 12 heavy (non-hydrogen) atoms. The summed E-state index contributed by atoms with van der Waals surface area (Å²) in [7, 11) is -0.993. The van der Waals surface area contributed by atoms with E-state index in [1.807, 2.05) is 0 Å². The van der Waals surface area contributed by atoms with Crippen LogP contribution in [-0.2, 0) is 0 Å². The first-order chi connectivity index (χ1) is 5.74. The highest BCUT2D eigenvalue weighted by Gasteiger charge is 2.24. The summed E-state index contributed by atoms with van der Waals surface area (Å²) < 4.78 is 0. The quantitative estimate of drug-likeness (QED) is 0.470. The second-order valence-electron chi connectivity index (χ2n) is 3.30. The molecule has 0 bridgehead atoms. The van der Waals surface area contributed by atoms with E-state index in [0.717, 1.165) is 0 Å². The third-order valence-electron chi connectivity index (χ3n) is 2.99. The number of hydrogen-bond acceptors (Lipinski definition) is 1. The fourth-order valence-electron chi connectivity index (χ4n) is 1.54. The molecular weight excluding hydrogens is 162 g/mol. The van der Waals surface area contributed by atoms with Crippen molar-refractivity contribution < 1.29 is 0 Å². The van der Waals surface area contributed by atoms with Crippen molar-refractivity contribution in [1.82, 2.24) is 0 Å². The van der Waals surface area contributed by atoms with E-state index in [0.29, 0.717) is 0 Å². The van der Waals surface area contributed by atoms with Gasteiger partial charge in [0.05, 0.1) is 14.1 Å². The monoisotopic (exact) mass is 181 g/mol. The lowest BCUT2D eigenvalue weighted by molar-refractivity contribution is 1.14. The Kier molecular flexibility index (Phi) is 5.74. The summed E-state index contributed by atoms with van der Waals surface area (Å²) in [5.41, 5.74) is 0. The molecule has 2 heteroatoms.